The average molecular weight is 436 g/mol. The number of hydrogen-bond donors (Lipinski definition) is 1. The van der Waals surface area contributed by atoms with Crippen molar-refractivity contribution in [1.82, 2.24) is 24.4 Å². The smallest absolute Gasteiger partial charge is 0.329 e. The molecule has 9 heteroatoms. The van der Waals surface area contributed by atoms with Gasteiger partial charge in [0.1, 0.15) is 5.65 Å². The topological polar surface area (TPSA) is 101 Å². The van der Waals surface area contributed by atoms with E-state index < -0.39 is 11.2 Å². The maximum atomic E-state index is 13.7. The first-order valence-corrected chi connectivity index (χ1v) is 10.6. The number of rotatable bonds is 5. The Morgan fingerprint density at radius 3 is 2.58 bits per heavy atom. The number of nitrogens with one attached hydrogen (secondary N) is 1. The number of aryl methyl sites for hydroxylation is 3. The molecule has 0 spiro atoms. The van der Waals surface area contributed by atoms with Crippen molar-refractivity contribution in [3.8, 4) is 0 Å². The van der Waals surface area contributed by atoms with Gasteiger partial charge in [-0.3, -0.25) is 19.1 Å². The molecule has 0 aliphatic carbocycles. The number of fused-ring (bicyclic) bond motifs is 1. The zero-order chi connectivity index (χ0) is 22.1. The number of H-pyrrole nitrogens is 1. The van der Waals surface area contributed by atoms with Gasteiger partial charge >= 0.3 is 5.69 Å². The average Bonchev–Trinajstić information content (AvgIpc) is 3.15. The third-order valence-corrected chi connectivity index (χ3v) is 6.03. The summed E-state index contributed by atoms with van der Waals surface area (Å²) in [7, 11) is 1.52. The fourth-order valence-electron chi connectivity index (χ4n) is 3.46. The minimum Gasteiger partial charge on any atom is -0.329 e. The minimum atomic E-state index is -0.623. The first-order valence-electron chi connectivity index (χ1n) is 9.68. The highest BCUT2D eigenvalue weighted by Crippen LogP contribution is 2.22. The van der Waals surface area contributed by atoms with Gasteiger partial charge in [0, 0.05) is 24.2 Å². The van der Waals surface area contributed by atoms with E-state index in [1.165, 1.54) is 23.0 Å². The Morgan fingerprint density at radius 2 is 1.90 bits per heavy atom. The quantitative estimate of drug-likeness (QED) is 0.519. The molecular formula is C22H21N5O3S. The maximum Gasteiger partial charge on any atom is 0.329 e. The van der Waals surface area contributed by atoms with Crippen LogP contribution in [0.1, 0.15) is 32.2 Å². The Bertz CT molecular complexity index is 1390. The SMILES string of the molecule is Cc1cc(C(=O)N(Cc2ccccc2)Cc2scnc2C)c2c(=O)[nH]c(=O)n(C)c2n1. The highest BCUT2D eigenvalue weighted by atomic mass is 32.1. The van der Waals surface area contributed by atoms with E-state index in [0.29, 0.717) is 18.8 Å². The summed E-state index contributed by atoms with van der Waals surface area (Å²) < 4.78 is 1.25. The van der Waals surface area contributed by atoms with Crippen molar-refractivity contribution in [2.75, 3.05) is 0 Å². The normalized spacial score (nSPS) is 11.1. The van der Waals surface area contributed by atoms with Crippen molar-refractivity contribution in [3.05, 3.63) is 90.1 Å². The Kier molecular flexibility index (Phi) is 5.51. The summed E-state index contributed by atoms with van der Waals surface area (Å²) in [6.45, 7) is 4.36. The number of thiazole rings is 1. The molecule has 0 aliphatic rings. The number of pyridine rings is 1. The van der Waals surface area contributed by atoms with Gasteiger partial charge in [-0.05, 0) is 25.5 Å². The van der Waals surface area contributed by atoms with Crippen LogP contribution in [-0.4, -0.2) is 30.3 Å². The van der Waals surface area contributed by atoms with Gasteiger partial charge in [0.2, 0.25) is 0 Å². The number of aromatic amines is 1. The zero-order valence-electron chi connectivity index (χ0n) is 17.4. The molecule has 3 heterocycles. The molecule has 0 saturated heterocycles. The van der Waals surface area contributed by atoms with E-state index in [4.69, 9.17) is 0 Å². The maximum absolute atomic E-state index is 13.7. The summed E-state index contributed by atoms with van der Waals surface area (Å²) in [6.07, 6.45) is 0. The van der Waals surface area contributed by atoms with Crippen LogP contribution in [0.5, 0.6) is 0 Å². The van der Waals surface area contributed by atoms with E-state index in [0.717, 1.165) is 16.1 Å². The van der Waals surface area contributed by atoms with Crippen molar-refractivity contribution >= 4 is 28.3 Å². The molecule has 31 heavy (non-hydrogen) atoms. The van der Waals surface area contributed by atoms with E-state index >= 15 is 0 Å². The molecule has 158 valence electrons. The summed E-state index contributed by atoms with van der Waals surface area (Å²) in [5.41, 5.74) is 3.34. The van der Waals surface area contributed by atoms with Crippen LogP contribution in [0.4, 0.5) is 0 Å². The predicted molar refractivity (Wildman–Crippen MR) is 119 cm³/mol. The van der Waals surface area contributed by atoms with Crippen molar-refractivity contribution in [1.29, 1.82) is 0 Å². The molecule has 3 aromatic heterocycles. The van der Waals surface area contributed by atoms with Crippen LogP contribution < -0.4 is 11.2 Å². The first kappa shape index (κ1) is 20.7. The predicted octanol–water partition coefficient (Wildman–Crippen LogP) is 2.54. The second-order valence-electron chi connectivity index (χ2n) is 7.34. The fourth-order valence-corrected chi connectivity index (χ4v) is 4.25. The Morgan fingerprint density at radius 1 is 1.16 bits per heavy atom. The van der Waals surface area contributed by atoms with Crippen LogP contribution in [0.25, 0.3) is 11.0 Å². The molecule has 0 bridgehead atoms. The number of aromatic nitrogens is 4. The number of carbonyl (C=O) groups excluding carboxylic acids is 1. The van der Waals surface area contributed by atoms with Crippen molar-refractivity contribution < 1.29 is 4.79 Å². The second kappa shape index (κ2) is 8.27. The lowest BCUT2D eigenvalue weighted by molar-refractivity contribution is 0.0733. The molecule has 0 aliphatic heterocycles. The molecule has 1 N–H and O–H groups in total. The summed E-state index contributed by atoms with van der Waals surface area (Å²) >= 11 is 1.48. The van der Waals surface area contributed by atoms with Crippen LogP contribution in [0.3, 0.4) is 0 Å². The number of hydrogen-bond acceptors (Lipinski definition) is 6. The fraction of sp³-hybridized carbons (Fsp3) is 0.227. The molecule has 4 aromatic rings. The molecule has 0 saturated carbocycles. The van der Waals surface area contributed by atoms with Crippen LogP contribution >= 0.6 is 11.3 Å². The summed E-state index contributed by atoms with van der Waals surface area (Å²) in [6, 6.07) is 11.3. The minimum absolute atomic E-state index is 0.108. The van der Waals surface area contributed by atoms with Crippen molar-refractivity contribution in [2.45, 2.75) is 26.9 Å². The van der Waals surface area contributed by atoms with Crippen LogP contribution in [0, 0.1) is 13.8 Å². The van der Waals surface area contributed by atoms with Gasteiger partial charge in [0.05, 0.1) is 28.7 Å². The molecule has 0 fully saturated rings. The number of benzene rings is 1. The molecular weight excluding hydrogens is 414 g/mol. The Hall–Kier alpha value is -3.59. The van der Waals surface area contributed by atoms with E-state index in [1.54, 1.807) is 23.4 Å². The zero-order valence-corrected chi connectivity index (χ0v) is 18.2. The first-order chi connectivity index (χ1) is 14.8. The molecule has 4 rings (SSSR count). The Labute approximate surface area is 181 Å². The lowest BCUT2D eigenvalue weighted by Crippen LogP contribution is -2.34. The van der Waals surface area contributed by atoms with Crippen LogP contribution in [0.15, 0.2) is 51.5 Å². The third-order valence-electron chi connectivity index (χ3n) is 5.11. The van der Waals surface area contributed by atoms with E-state index in [1.807, 2.05) is 37.3 Å². The molecule has 0 unspecified atom stereocenters. The highest BCUT2D eigenvalue weighted by molar-refractivity contribution is 7.09. The standard InChI is InChI=1S/C22H21N5O3S/c1-13-9-16(18-19(24-13)26(3)22(30)25-20(18)28)21(29)27(10-15-7-5-4-6-8-15)11-17-14(2)23-12-31-17/h4-9,12H,10-11H2,1-3H3,(H,25,28,30). The molecule has 1 amide bonds. The third kappa shape index (κ3) is 4.04. The second-order valence-corrected chi connectivity index (χ2v) is 8.28. The largest absolute Gasteiger partial charge is 0.329 e. The van der Waals surface area contributed by atoms with Gasteiger partial charge < -0.3 is 4.90 Å². The van der Waals surface area contributed by atoms with Gasteiger partial charge in [0.25, 0.3) is 11.5 Å². The van der Waals surface area contributed by atoms with Crippen LogP contribution in [-0.2, 0) is 20.1 Å². The van der Waals surface area contributed by atoms with Gasteiger partial charge in [-0.2, -0.15) is 0 Å². The van der Waals surface area contributed by atoms with E-state index in [-0.39, 0.29) is 22.5 Å². The van der Waals surface area contributed by atoms with Crippen molar-refractivity contribution in [2.24, 2.45) is 7.05 Å². The van der Waals surface area contributed by atoms with Crippen molar-refractivity contribution in [3.63, 3.8) is 0 Å². The Balaban J connectivity index is 1.86. The summed E-state index contributed by atoms with van der Waals surface area (Å²) in [4.78, 5) is 52.0. The molecule has 0 radical (unpaired) electrons. The number of carbonyl (C=O) groups is 1. The lowest BCUT2D eigenvalue weighted by Gasteiger charge is -2.23. The van der Waals surface area contributed by atoms with E-state index in [9.17, 15) is 14.4 Å². The summed E-state index contributed by atoms with van der Waals surface area (Å²) in [5, 5.41) is 0.108. The van der Waals surface area contributed by atoms with Gasteiger partial charge in [0.15, 0.2) is 0 Å². The van der Waals surface area contributed by atoms with Crippen LogP contribution in [0.2, 0.25) is 0 Å². The van der Waals surface area contributed by atoms with Gasteiger partial charge in [-0.25, -0.2) is 14.8 Å². The lowest BCUT2D eigenvalue weighted by atomic mass is 10.1. The number of amides is 1. The van der Waals surface area contributed by atoms with E-state index in [2.05, 4.69) is 15.0 Å². The highest BCUT2D eigenvalue weighted by Gasteiger charge is 2.24. The summed E-state index contributed by atoms with van der Waals surface area (Å²) in [5.74, 6) is -0.309. The van der Waals surface area contributed by atoms with Gasteiger partial charge in [-0.1, -0.05) is 30.3 Å². The monoisotopic (exact) mass is 435 g/mol. The molecule has 8 nitrogen and oxygen atoms in total. The van der Waals surface area contributed by atoms with Gasteiger partial charge in [-0.15, -0.1) is 11.3 Å². The molecule has 0 atom stereocenters. The molecule has 1 aromatic carbocycles. The number of nitrogens with zero attached hydrogens (tertiary/aromatic N) is 4.